The molecule has 0 saturated heterocycles. The number of amides is 2. The first-order valence-corrected chi connectivity index (χ1v) is 11.0. The van der Waals surface area contributed by atoms with Gasteiger partial charge in [0, 0.05) is 16.6 Å². The van der Waals surface area contributed by atoms with Crippen molar-refractivity contribution in [1.29, 1.82) is 0 Å². The number of anilines is 1. The highest BCUT2D eigenvalue weighted by atomic mass is 79.9. The maximum absolute atomic E-state index is 12.2. The van der Waals surface area contributed by atoms with Gasteiger partial charge in [-0.1, -0.05) is 75.4 Å². The summed E-state index contributed by atoms with van der Waals surface area (Å²) in [7, 11) is 0. The Bertz CT molecular complexity index is 950. The zero-order valence-electron chi connectivity index (χ0n) is 14.7. The molecule has 0 saturated carbocycles. The van der Waals surface area contributed by atoms with Crippen LogP contribution in [0.2, 0.25) is 0 Å². The van der Waals surface area contributed by atoms with Crippen molar-refractivity contribution in [3.05, 3.63) is 70.2 Å². The molecule has 0 aliphatic rings. The van der Waals surface area contributed by atoms with Crippen LogP contribution in [-0.4, -0.2) is 34.3 Å². The number of benzene rings is 2. The number of hydrogen-bond donors (Lipinski definition) is 2. The number of halogens is 1. The Kier molecular flexibility index (Phi) is 7.58. The number of carbonyl (C=O) groups excluding carboxylic acids is 2. The molecule has 0 spiro atoms. The Balaban J connectivity index is 1.41. The Labute approximate surface area is 179 Å². The van der Waals surface area contributed by atoms with Gasteiger partial charge >= 0.3 is 0 Å². The molecule has 0 fully saturated rings. The molecule has 2 amide bonds. The normalized spacial score (nSPS) is 10.5. The molecule has 2 aromatic carbocycles. The molecule has 144 valence electrons. The Morgan fingerprint density at radius 2 is 1.89 bits per heavy atom. The summed E-state index contributed by atoms with van der Waals surface area (Å²) < 4.78 is 1.45. The van der Waals surface area contributed by atoms with E-state index in [9.17, 15) is 9.59 Å². The molecule has 0 unspecified atom stereocenters. The molecule has 0 radical (unpaired) electrons. The average Bonchev–Trinajstić information content (AvgIpc) is 3.14. The van der Waals surface area contributed by atoms with Crippen molar-refractivity contribution >= 4 is 56.0 Å². The third kappa shape index (κ3) is 6.43. The number of thioether (sulfide) groups is 1. The molecule has 1 aromatic heterocycles. The number of nitrogens with one attached hydrogen (secondary N) is 2. The maximum Gasteiger partial charge on any atom is 0.257 e. The van der Waals surface area contributed by atoms with Gasteiger partial charge in [0.25, 0.3) is 5.91 Å². The number of hydrogen-bond acceptors (Lipinski definition) is 6. The van der Waals surface area contributed by atoms with Crippen LogP contribution in [0, 0.1) is 0 Å². The third-order valence-corrected chi connectivity index (χ3v) is 6.08. The summed E-state index contributed by atoms with van der Waals surface area (Å²) in [4.78, 5) is 24.2. The zero-order chi connectivity index (χ0) is 19.8. The van der Waals surface area contributed by atoms with Crippen LogP contribution in [0.1, 0.15) is 15.9 Å². The minimum atomic E-state index is -0.257. The van der Waals surface area contributed by atoms with Gasteiger partial charge < -0.3 is 5.32 Å². The van der Waals surface area contributed by atoms with Crippen LogP contribution in [0.25, 0.3) is 0 Å². The van der Waals surface area contributed by atoms with Gasteiger partial charge in [-0.05, 0) is 30.2 Å². The second-order valence-electron chi connectivity index (χ2n) is 5.71. The molecule has 3 rings (SSSR count). The monoisotopic (exact) mass is 476 g/mol. The standard InChI is InChI=1S/C19H17BrN4O2S2/c20-15-8-4-7-14(11-15)17(26)22-18-23-24-19(28-18)27-12-16(25)21-10-9-13-5-2-1-3-6-13/h1-8,11H,9-10,12H2,(H,21,25)(H,22,23,26). The lowest BCUT2D eigenvalue weighted by molar-refractivity contribution is -0.118. The quantitative estimate of drug-likeness (QED) is 0.379. The van der Waals surface area contributed by atoms with E-state index in [4.69, 9.17) is 0 Å². The van der Waals surface area contributed by atoms with Gasteiger partial charge in [0.05, 0.1) is 5.75 Å². The summed E-state index contributed by atoms with van der Waals surface area (Å²) in [6.45, 7) is 0.591. The van der Waals surface area contributed by atoms with Gasteiger partial charge in [-0.15, -0.1) is 10.2 Å². The maximum atomic E-state index is 12.2. The molecule has 0 atom stereocenters. The van der Waals surface area contributed by atoms with E-state index in [0.717, 1.165) is 10.9 Å². The molecule has 28 heavy (non-hydrogen) atoms. The summed E-state index contributed by atoms with van der Waals surface area (Å²) in [6, 6.07) is 17.1. The van der Waals surface area contributed by atoms with Crippen molar-refractivity contribution in [3.63, 3.8) is 0 Å². The van der Waals surface area contributed by atoms with Crippen LogP contribution >= 0.6 is 39.0 Å². The average molecular weight is 477 g/mol. The van der Waals surface area contributed by atoms with E-state index in [-0.39, 0.29) is 17.6 Å². The molecule has 9 heteroatoms. The summed E-state index contributed by atoms with van der Waals surface area (Å²) in [5.41, 5.74) is 1.71. The van der Waals surface area contributed by atoms with Gasteiger partial charge in [-0.2, -0.15) is 0 Å². The van der Waals surface area contributed by atoms with Gasteiger partial charge in [0.2, 0.25) is 11.0 Å². The van der Waals surface area contributed by atoms with E-state index in [1.807, 2.05) is 36.4 Å². The lowest BCUT2D eigenvalue weighted by atomic mass is 10.1. The second kappa shape index (κ2) is 10.4. The minimum Gasteiger partial charge on any atom is -0.355 e. The number of rotatable bonds is 8. The van der Waals surface area contributed by atoms with E-state index >= 15 is 0 Å². The van der Waals surface area contributed by atoms with Crippen LogP contribution in [0.15, 0.2) is 63.4 Å². The largest absolute Gasteiger partial charge is 0.355 e. The molecule has 1 heterocycles. The van der Waals surface area contributed by atoms with E-state index in [0.29, 0.717) is 21.6 Å². The first-order chi connectivity index (χ1) is 13.6. The molecule has 6 nitrogen and oxygen atoms in total. The van der Waals surface area contributed by atoms with E-state index < -0.39 is 0 Å². The second-order valence-corrected chi connectivity index (χ2v) is 8.83. The lowest BCUT2D eigenvalue weighted by Crippen LogP contribution is -2.27. The summed E-state index contributed by atoms with van der Waals surface area (Å²) in [6.07, 6.45) is 0.793. The summed E-state index contributed by atoms with van der Waals surface area (Å²) in [5, 5.41) is 14.0. The topological polar surface area (TPSA) is 84.0 Å². The fourth-order valence-corrected chi connectivity index (χ4v) is 4.26. The SMILES string of the molecule is O=C(CSc1nnc(NC(=O)c2cccc(Br)c2)s1)NCCc1ccccc1. The Morgan fingerprint density at radius 3 is 2.68 bits per heavy atom. The highest BCUT2D eigenvalue weighted by Gasteiger charge is 2.12. The van der Waals surface area contributed by atoms with Gasteiger partial charge in [0.15, 0.2) is 4.34 Å². The van der Waals surface area contributed by atoms with Crippen LogP contribution in [0.4, 0.5) is 5.13 Å². The molecule has 0 aliphatic heterocycles. The molecule has 3 aromatic rings. The van der Waals surface area contributed by atoms with Crippen molar-refractivity contribution in [1.82, 2.24) is 15.5 Å². The number of carbonyl (C=O) groups is 2. The Hall–Kier alpha value is -2.23. The number of aromatic nitrogens is 2. The first kappa shape index (κ1) is 20.5. The van der Waals surface area contributed by atoms with E-state index in [2.05, 4.69) is 36.8 Å². The fraction of sp³-hybridized carbons (Fsp3) is 0.158. The minimum absolute atomic E-state index is 0.0594. The highest BCUT2D eigenvalue weighted by molar-refractivity contribution is 9.10. The van der Waals surface area contributed by atoms with Crippen molar-refractivity contribution in [2.24, 2.45) is 0 Å². The van der Waals surface area contributed by atoms with Gasteiger partial charge in [-0.25, -0.2) is 0 Å². The third-order valence-electron chi connectivity index (χ3n) is 3.62. The molecular weight excluding hydrogens is 460 g/mol. The molecule has 0 bridgehead atoms. The van der Waals surface area contributed by atoms with Gasteiger partial charge in [-0.3, -0.25) is 14.9 Å². The summed E-state index contributed by atoms with van der Waals surface area (Å²) in [5.74, 6) is -0.0632. The van der Waals surface area contributed by atoms with Crippen LogP contribution in [0.3, 0.4) is 0 Å². The Morgan fingerprint density at radius 1 is 1.07 bits per heavy atom. The van der Waals surface area contributed by atoms with Gasteiger partial charge in [0.1, 0.15) is 0 Å². The van der Waals surface area contributed by atoms with Crippen LogP contribution < -0.4 is 10.6 Å². The molecule has 0 aliphatic carbocycles. The molecule has 2 N–H and O–H groups in total. The van der Waals surface area contributed by atoms with E-state index in [1.54, 1.807) is 18.2 Å². The van der Waals surface area contributed by atoms with Crippen LogP contribution in [0.5, 0.6) is 0 Å². The zero-order valence-corrected chi connectivity index (χ0v) is 17.9. The first-order valence-electron chi connectivity index (χ1n) is 8.44. The van der Waals surface area contributed by atoms with Crippen molar-refractivity contribution in [3.8, 4) is 0 Å². The van der Waals surface area contributed by atoms with Crippen molar-refractivity contribution in [2.75, 3.05) is 17.6 Å². The van der Waals surface area contributed by atoms with Crippen molar-refractivity contribution < 1.29 is 9.59 Å². The van der Waals surface area contributed by atoms with Crippen molar-refractivity contribution in [2.45, 2.75) is 10.8 Å². The van der Waals surface area contributed by atoms with E-state index in [1.165, 1.54) is 28.7 Å². The fourth-order valence-electron chi connectivity index (χ4n) is 2.29. The molecular formula is C19H17BrN4O2S2. The predicted octanol–water partition coefficient (Wildman–Crippen LogP) is 4.00. The van der Waals surface area contributed by atoms with Crippen LogP contribution in [-0.2, 0) is 11.2 Å². The predicted molar refractivity (Wildman–Crippen MR) is 116 cm³/mol. The summed E-state index contributed by atoms with van der Waals surface area (Å²) >= 11 is 5.87. The highest BCUT2D eigenvalue weighted by Crippen LogP contribution is 2.25. The lowest BCUT2D eigenvalue weighted by Gasteiger charge is -2.04. The smallest absolute Gasteiger partial charge is 0.257 e. The number of nitrogens with zero attached hydrogens (tertiary/aromatic N) is 2.